The second-order valence-electron chi connectivity index (χ2n) is 3.59. The molecular weight excluding hydrogens is 197 g/mol. The molecule has 1 aromatic carbocycles. The number of carbonyl (C=O) groups excluding carboxylic acids is 1. The fraction of sp³-hybridized carbons (Fsp3) is 0.364. The summed E-state index contributed by atoms with van der Waals surface area (Å²) in [6, 6.07) is 4.19. The third-order valence-corrected chi connectivity index (χ3v) is 2.32. The Kier molecular flexibility index (Phi) is 2.58. The lowest BCUT2D eigenvalue weighted by molar-refractivity contribution is 0.0948. The Bertz CT molecular complexity index is 388. The van der Waals surface area contributed by atoms with Crippen LogP contribution in [-0.4, -0.2) is 19.1 Å². The molecule has 0 heterocycles. The first kappa shape index (κ1) is 9.96. The van der Waals surface area contributed by atoms with Crippen molar-refractivity contribution < 1.29 is 13.9 Å². The Hall–Kier alpha value is -1.58. The Morgan fingerprint density at radius 2 is 2.27 bits per heavy atom. The second kappa shape index (κ2) is 3.88. The molecular formula is C11H12FNO2. The molecule has 1 amide bonds. The molecule has 0 spiro atoms. The van der Waals surface area contributed by atoms with Gasteiger partial charge in [0.2, 0.25) is 0 Å². The van der Waals surface area contributed by atoms with Gasteiger partial charge in [-0.15, -0.1) is 0 Å². The summed E-state index contributed by atoms with van der Waals surface area (Å²) in [6.07, 6.45) is 2.05. The van der Waals surface area contributed by atoms with Gasteiger partial charge in [0.05, 0.1) is 12.7 Å². The summed E-state index contributed by atoms with van der Waals surface area (Å²) < 4.78 is 17.8. The molecule has 4 heteroatoms. The van der Waals surface area contributed by atoms with Gasteiger partial charge in [0.15, 0.2) is 0 Å². The van der Waals surface area contributed by atoms with Gasteiger partial charge in [-0.2, -0.15) is 0 Å². The quantitative estimate of drug-likeness (QED) is 0.823. The van der Waals surface area contributed by atoms with E-state index < -0.39 is 5.82 Å². The van der Waals surface area contributed by atoms with Crippen LogP contribution in [0.2, 0.25) is 0 Å². The van der Waals surface area contributed by atoms with E-state index in [9.17, 15) is 9.18 Å². The molecule has 0 bridgehead atoms. The van der Waals surface area contributed by atoms with Crippen LogP contribution in [0.3, 0.4) is 0 Å². The first-order chi connectivity index (χ1) is 7.20. The lowest BCUT2D eigenvalue weighted by Crippen LogP contribution is -2.25. The largest absolute Gasteiger partial charge is 0.496 e. The van der Waals surface area contributed by atoms with E-state index in [1.807, 2.05) is 0 Å². The van der Waals surface area contributed by atoms with Crippen molar-refractivity contribution in [3.05, 3.63) is 29.6 Å². The summed E-state index contributed by atoms with van der Waals surface area (Å²) in [6.45, 7) is 0. The van der Waals surface area contributed by atoms with Crippen LogP contribution in [0.4, 0.5) is 4.39 Å². The van der Waals surface area contributed by atoms with E-state index in [2.05, 4.69) is 5.32 Å². The summed E-state index contributed by atoms with van der Waals surface area (Å²) in [7, 11) is 1.42. The summed E-state index contributed by atoms with van der Waals surface area (Å²) in [5.74, 6) is -0.336. The molecule has 0 radical (unpaired) electrons. The summed E-state index contributed by atoms with van der Waals surface area (Å²) in [5, 5.41) is 2.82. The summed E-state index contributed by atoms with van der Waals surface area (Å²) in [4.78, 5) is 11.7. The molecule has 0 saturated heterocycles. The zero-order valence-corrected chi connectivity index (χ0v) is 8.42. The minimum Gasteiger partial charge on any atom is -0.496 e. The first-order valence-electron chi connectivity index (χ1n) is 4.85. The van der Waals surface area contributed by atoms with Crippen LogP contribution in [0.5, 0.6) is 5.75 Å². The summed E-state index contributed by atoms with van der Waals surface area (Å²) in [5.41, 5.74) is 0.380. The molecule has 15 heavy (non-hydrogen) atoms. The third-order valence-electron chi connectivity index (χ3n) is 2.32. The fourth-order valence-electron chi connectivity index (χ4n) is 1.34. The molecule has 0 unspecified atom stereocenters. The average molecular weight is 209 g/mol. The van der Waals surface area contributed by atoms with Crippen molar-refractivity contribution >= 4 is 5.91 Å². The normalized spacial score (nSPS) is 14.8. The number of ether oxygens (including phenoxy) is 1. The number of nitrogens with one attached hydrogen (secondary N) is 1. The predicted molar refractivity (Wildman–Crippen MR) is 53.4 cm³/mol. The number of amides is 1. The van der Waals surface area contributed by atoms with Gasteiger partial charge in [-0.1, -0.05) is 0 Å². The highest BCUT2D eigenvalue weighted by Crippen LogP contribution is 2.23. The molecule has 1 aliphatic carbocycles. The minimum absolute atomic E-state index is 0.200. The maximum absolute atomic E-state index is 12.9. The van der Waals surface area contributed by atoms with Gasteiger partial charge < -0.3 is 10.1 Å². The first-order valence-corrected chi connectivity index (χ1v) is 4.85. The van der Waals surface area contributed by atoms with E-state index in [-0.39, 0.29) is 17.7 Å². The topological polar surface area (TPSA) is 38.3 Å². The highest BCUT2D eigenvalue weighted by atomic mass is 19.1. The van der Waals surface area contributed by atoms with Crippen LogP contribution in [0.1, 0.15) is 23.2 Å². The number of rotatable bonds is 3. The molecule has 1 aromatic rings. The lowest BCUT2D eigenvalue weighted by atomic mass is 10.2. The van der Waals surface area contributed by atoms with Crippen LogP contribution < -0.4 is 10.1 Å². The molecule has 3 nitrogen and oxygen atoms in total. The standard InChI is InChI=1S/C11H12FNO2/c1-15-10-6-7(12)2-5-9(10)11(14)13-8-3-4-8/h2,5-6,8H,3-4H2,1H3,(H,13,14). The Labute approximate surface area is 87.2 Å². The maximum Gasteiger partial charge on any atom is 0.255 e. The molecule has 2 rings (SSSR count). The van der Waals surface area contributed by atoms with Crippen molar-refractivity contribution in [3.8, 4) is 5.75 Å². The van der Waals surface area contributed by atoms with Crippen molar-refractivity contribution in [2.45, 2.75) is 18.9 Å². The zero-order valence-electron chi connectivity index (χ0n) is 8.42. The van der Waals surface area contributed by atoms with Crippen LogP contribution in [0, 0.1) is 5.82 Å². The van der Waals surface area contributed by atoms with Gasteiger partial charge in [0.25, 0.3) is 5.91 Å². The molecule has 0 aliphatic heterocycles. The lowest BCUT2D eigenvalue weighted by Gasteiger charge is -2.08. The number of hydrogen-bond donors (Lipinski definition) is 1. The van der Waals surface area contributed by atoms with Gasteiger partial charge in [-0.25, -0.2) is 4.39 Å². The van der Waals surface area contributed by atoms with E-state index >= 15 is 0 Å². The Balaban J connectivity index is 2.21. The van der Waals surface area contributed by atoms with Crippen molar-refractivity contribution in [1.82, 2.24) is 5.32 Å². The monoisotopic (exact) mass is 209 g/mol. The SMILES string of the molecule is COc1cc(F)ccc1C(=O)NC1CC1. The van der Waals surface area contributed by atoms with Gasteiger partial charge >= 0.3 is 0 Å². The maximum atomic E-state index is 12.9. The molecule has 0 aromatic heterocycles. The van der Waals surface area contributed by atoms with Crippen LogP contribution in [0.15, 0.2) is 18.2 Å². The average Bonchev–Trinajstić information content (AvgIpc) is 3.01. The summed E-state index contributed by atoms with van der Waals surface area (Å²) >= 11 is 0. The molecule has 1 fully saturated rings. The predicted octanol–water partition coefficient (Wildman–Crippen LogP) is 1.73. The Morgan fingerprint density at radius 1 is 1.53 bits per heavy atom. The van der Waals surface area contributed by atoms with Gasteiger partial charge in [0.1, 0.15) is 11.6 Å². The van der Waals surface area contributed by atoms with Crippen LogP contribution in [0.25, 0.3) is 0 Å². The van der Waals surface area contributed by atoms with E-state index in [4.69, 9.17) is 4.74 Å². The minimum atomic E-state index is -0.408. The van der Waals surface area contributed by atoms with Gasteiger partial charge in [-0.05, 0) is 25.0 Å². The van der Waals surface area contributed by atoms with E-state index in [0.717, 1.165) is 12.8 Å². The fourth-order valence-corrected chi connectivity index (χ4v) is 1.34. The molecule has 0 atom stereocenters. The third kappa shape index (κ3) is 2.26. The van der Waals surface area contributed by atoms with E-state index in [0.29, 0.717) is 5.56 Å². The van der Waals surface area contributed by atoms with Crippen molar-refractivity contribution in [1.29, 1.82) is 0 Å². The zero-order chi connectivity index (χ0) is 10.8. The molecule has 1 aliphatic rings. The number of halogens is 1. The molecule has 1 N–H and O–H groups in total. The molecule has 80 valence electrons. The van der Waals surface area contributed by atoms with Crippen molar-refractivity contribution in [3.63, 3.8) is 0 Å². The number of methoxy groups -OCH3 is 1. The van der Waals surface area contributed by atoms with Crippen molar-refractivity contribution in [2.75, 3.05) is 7.11 Å². The highest BCUT2D eigenvalue weighted by molar-refractivity contribution is 5.97. The van der Waals surface area contributed by atoms with Gasteiger partial charge in [0, 0.05) is 12.1 Å². The van der Waals surface area contributed by atoms with Gasteiger partial charge in [-0.3, -0.25) is 4.79 Å². The second-order valence-corrected chi connectivity index (χ2v) is 3.59. The number of benzene rings is 1. The Morgan fingerprint density at radius 3 is 2.87 bits per heavy atom. The van der Waals surface area contributed by atoms with Crippen molar-refractivity contribution in [2.24, 2.45) is 0 Å². The van der Waals surface area contributed by atoms with E-state index in [1.54, 1.807) is 0 Å². The highest BCUT2D eigenvalue weighted by Gasteiger charge is 2.25. The van der Waals surface area contributed by atoms with E-state index in [1.165, 1.54) is 25.3 Å². The van der Waals surface area contributed by atoms with Crippen LogP contribution in [-0.2, 0) is 0 Å². The smallest absolute Gasteiger partial charge is 0.255 e. The molecule has 1 saturated carbocycles. The number of carbonyl (C=O) groups is 1. The number of hydrogen-bond acceptors (Lipinski definition) is 2. The van der Waals surface area contributed by atoms with Crippen LogP contribution >= 0.6 is 0 Å².